The zero-order chi connectivity index (χ0) is 19.6. The Balaban J connectivity index is 1.52. The number of rotatable bonds is 10. The summed E-state index contributed by atoms with van der Waals surface area (Å²) in [5.74, 6) is 1.52. The van der Waals surface area contributed by atoms with E-state index < -0.39 is 0 Å². The van der Waals surface area contributed by atoms with Gasteiger partial charge in [0.15, 0.2) is 0 Å². The van der Waals surface area contributed by atoms with Crippen LogP contribution in [0, 0.1) is 5.92 Å². The van der Waals surface area contributed by atoms with Crippen LogP contribution in [0.4, 0.5) is 0 Å². The first-order valence-electron chi connectivity index (χ1n) is 10.9. The van der Waals surface area contributed by atoms with E-state index >= 15 is 0 Å². The molecule has 2 heteroatoms. The van der Waals surface area contributed by atoms with Crippen LogP contribution in [-0.4, -0.2) is 11.3 Å². The van der Waals surface area contributed by atoms with Crippen molar-refractivity contribution in [2.24, 2.45) is 5.92 Å². The van der Waals surface area contributed by atoms with Gasteiger partial charge in [0, 0.05) is 18.2 Å². The van der Waals surface area contributed by atoms with Gasteiger partial charge in [-0.15, -0.1) is 6.58 Å². The normalized spacial score (nSPS) is 19.3. The summed E-state index contributed by atoms with van der Waals surface area (Å²) in [5, 5.41) is 0. The van der Waals surface area contributed by atoms with Crippen molar-refractivity contribution in [3.8, 4) is 11.3 Å². The summed E-state index contributed by atoms with van der Waals surface area (Å²) in [5.41, 5.74) is 5.02. The molecular formula is C26H33NO. The van der Waals surface area contributed by atoms with Crippen LogP contribution < -0.4 is 0 Å². The molecule has 0 radical (unpaired) electrons. The molecular weight excluding hydrogens is 342 g/mol. The number of allylic oxidation sites excluding steroid dienone is 1. The van der Waals surface area contributed by atoms with Gasteiger partial charge in [-0.1, -0.05) is 42.8 Å². The zero-order valence-corrected chi connectivity index (χ0v) is 17.0. The van der Waals surface area contributed by atoms with Crippen LogP contribution >= 0.6 is 0 Å². The summed E-state index contributed by atoms with van der Waals surface area (Å²) in [6.45, 7) is 3.78. The van der Waals surface area contributed by atoms with Gasteiger partial charge in [-0.3, -0.25) is 4.98 Å². The summed E-state index contributed by atoms with van der Waals surface area (Å²) in [4.78, 5) is 15.1. The molecule has 1 aliphatic rings. The Labute approximate surface area is 170 Å². The highest BCUT2D eigenvalue weighted by atomic mass is 16.1. The summed E-state index contributed by atoms with van der Waals surface area (Å²) in [7, 11) is 0. The lowest BCUT2D eigenvalue weighted by Crippen LogP contribution is -2.13. The molecule has 1 aromatic heterocycles. The lowest BCUT2D eigenvalue weighted by molar-refractivity contribution is -0.108. The van der Waals surface area contributed by atoms with Crippen molar-refractivity contribution in [1.82, 2.24) is 4.98 Å². The first-order valence-corrected chi connectivity index (χ1v) is 10.9. The topological polar surface area (TPSA) is 30.0 Å². The number of hydrogen-bond acceptors (Lipinski definition) is 2. The van der Waals surface area contributed by atoms with Crippen molar-refractivity contribution in [1.29, 1.82) is 0 Å². The number of benzene rings is 1. The van der Waals surface area contributed by atoms with Crippen molar-refractivity contribution in [3.05, 3.63) is 66.4 Å². The van der Waals surface area contributed by atoms with Crippen LogP contribution in [0.2, 0.25) is 0 Å². The molecule has 1 heterocycles. The average molecular weight is 376 g/mol. The molecule has 0 bridgehead atoms. The minimum absolute atomic E-state index is 0.691. The van der Waals surface area contributed by atoms with E-state index in [0.717, 1.165) is 50.0 Å². The van der Waals surface area contributed by atoms with E-state index in [1.807, 2.05) is 12.3 Å². The van der Waals surface area contributed by atoms with Gasteiger partial charge in [0.25, 0.3) is 0 Å². The highest BCUT2D eigenvalue weighted by molar-refractivity contribution is 5.59. The molecule has 0 spiro atoms. The smallest absolute Gasteiger partial charge is 0.119 e. The lowest BCUT2D eigenvalue weighted by Gasteiger charge is -2.28. The van der Waals surface area contributed by atoms with E-state index in [-0.39, 0.29) is 0 Å². The first-order chi connectivity index (χ1) is 13.8. The first kappa shape index (κ1) is 20.5. The van der Waals surface area contributed by atoms with Gasteiger partial charge >= 0.3 is 0 Å². The molecule has 1 aliphatic carbocycles. The second kappa shape index (κ2) is 10.9. The highest BCUT2D eigenvalue weighted by Gasteiger charge is 2.22. The molecule has 3 rings (SSSR count). The van der Waals surface area contributed by atoms with Gasteiger partial charge in [0.1, 0.15) is 6.29 Å². The quantitative estimate of drug-likeness (QED) is 0.257. The fourth-order valence-corrected chi connectivity index (χ4v) is 4.39. The number of aldehydes is 1. The maximum Gasteiger partial charge on any atom is 0.119 e. The number of aryl methyl sites for hydroxylation is 1. The molecule has 0 unspecified atom stereocenters. The molecule has 0 atom stereocenters. The zero-order valence-electron chi connectivity index (χ0n) is 17.0. The Hall–Kier alpha value is -2.22. The predicted molar refractivity (Wildman–Crippen MR) is 117 cm³/mol. The van der Waals surface area contributed by atoms with Crippen molar-refractivity contribution in [3.63, 3.8) is 0 Å². The van der Waals surface area contributed by atoms with Gasteiger partial charge in [-0.25, -0.2) is 0 Å². The molecule has 1 saturated carbocycles. The van der Waals surface area contributed by atoms with Crippen molar-refractivity contribution in [2.75, 3.05) is 0 Å². The largest absolute Gasteiger partial charge is 0.303 e. The number of carbonyl (C=O) groups excluding carboxylic acids is 1. The summed E-state index contributed by atoms with van der Waals surface area (Å²) < 4.78 is 0. The van der Waals surface area contributed by atoms with Crippen LogP contribution in [0.5, 0.6) is 0 Å². The van der Waals surface area contributed by atoms with E-state index in [2.05, 4.69) is 48.0 Å². The summed E-state index contributed by atoms with van der Waals surface area (Å²) in [6.07, 6.45) is 16.5. The van der Waals surface area contributed by atoms with E-state index in [4.69, 9.17) is 0 Å². The van der Waals surface area contributed by atoms with Gasteiger partial charge in [0.05, 0.1) is 5.69 Å². The Kier molecular flexibility index (Phi) is 8.02. The third kappa shape index (κ3) is 5.89. The van der Waals surface area contributed by atoms with Crippen LogP contribution in [0.1, 0.15) is 74.8 Å². The highest BCUT2D eigenvalue weighted by Crippen LogP contribution is 2.38. The number of pyridine rings is 1. The van der Waals surface area contributed by atoms with Crippen molar-refractivity contribution in [2.45, 2.75) is 70.1 Å². The fourth-order valence-electron chi connectivity index (χ4n) is 4.39. The molecule has 0 aliphatic heterocycles. The van der Waals surface area contributed by atoms with Crippen molar-refractivity contribution >= 4 is 6.29 Å². The van der Waals surface area contributed by atoms with Crippen LogP contribution in [0.15, 0.2) is 55.3 Å². The van der Waals surface area contributed by atoms with Crippen LogP contribution in [0.3, 0.4) is 0 Å². The second-order valence-electron chi connectivity index (χ2n) is 8.17. The molecule has 1 fully saturated rings. The molecule has 28 heavy (non-hydrogen) atoms. The number of nitrogens with zero attached hydrogens (tertiary/aromatic N) is 1. The number of carbonyl (C=O) groups is 1. The minimum atomic E-state index is 0.691. The fraction of sp³-hybridized carbons (Fsp3) is 0.462. The maximum absolute atomic E-state index is 10.5. The Morgan fingerprint density at radius 2 is 1.75 bits per heavy atom. The monoisotopic (exact) mass is 375 g/mol. The molecule has 2 nitrogen and oxygen atoms in total. The SMILES string of the molecule is C=CCCCc1ccc(-c2ccc(C3CCC(CCCC=O)CC3)cc2)nc1. The number of hydrogen-bond donors (Lipinski definition) is 0. The third-order valence-corrected chi connectivity index (χ3v) is 6.16. The van der Waals surface area contributed by atoms with Gasteiger partial charge in [0.2, 0.25) is 0 Å². The molecule has 148 valence electrons. The van der Waals surface area contributed by atoms with Crippen LogP contribution in [-0.2, 0) is 11.2 Å². The van der Waals surface area contributed by atoms with Crippen molar-refractivity contribution < 1.29 is 4.79 Å². The summed E-state index contributed by atoms with van der Waals surface area (Å²) in [6, 6.07) is 13.4. The van der Waals surface area contributed by atoms with Gasteiger partial charge < -0.3 is 4.79 Å². The lowest BCUT2D eigenvalue weighted by atomic mass is 9.77. The maximum atomic E-state index is 10.5. The molecule has 0 N–H and O–H groups in total. The van der Waals surface area contributed by atoms with E-state index in [9.17, 15) is 4.79 Å². The van der Waals surface area contributed by atoms with Gasteiger partial charge in [-0.2, -0.15) is 0 Å². The minimum Gasteiger partial charge on any atom is -0.303 e. The van der Waals surface area contributed by atoms with Crippen LogP contribution in [0.25, 0.3) is 11.3 Å². The number of aromatic nitrogens is 1. The average Bonchev–Trinajstić information content (AvgIpc) is 2.75. The molecule has 1 aromatic carbocycles. The molecule has 0 amide bonds. The number of unbranched alkanes of at least 4 members (excludes halogenated alkanes) is 2. The van der Waals surface area contributed by atoms with Gasteiger partial charge in [-0.05, 0) is 80.4 Å². The predicted octanol–water partition coefficient (Wildman–Crippen LogP) is 6.90. The Bertz CT molecular complexity index is 724. The Morgan fingerprint density at radius 3 is 2.39 bits per heavy atom. The van der Waals surface area contributed by atoms with E-state index in [1.165, 1.54) is 48.8 Å². The second-order valence-corrected chi connectivity index (χ2v) is 8.17. The molecule has 0 saturated heterocycles. The summed E-state index contributed by atoms with van der Waals surface area (Å²) >= 11 is 0. The standard InChI is InChI=1S/C26H33NO/c1-2-3-4-8-22-11-18-26(27-20-22)25-16-14-24(15-17-25)23-12-9-21(10-13-23)7-5-6-19-28/h2,11,14-21,23H,1,3-10,12-13H2. The van der Waals surface area contributed by atoms with E-state index in [0.29, 0.717) is 5.92 Å². The van der Waals surface area contributed by atoms with E-state index in [1.54, 1.807) is 0 Å². The Morgan fingerprint density at radius 1 is 0.964 bits per heavy atom. The third-order valence-electron chi connectivity index (χ3n) is 6.16. The molecule has 2 aromatic rings.